The molecule has 1 aromatic heterocycles. The third-order valence-electron chi connectivity index (χ3n) is 5.41. The normalized spacial score (nSPS) is 16.5. The van der Waals surface area contributed by atoms with Gasteiger partial charge < -0.3 is 23.9 Å². The van der Waals surface area contributed by atoms with Crippen molar-refractivity contribution in [2.45, 2.75) is 26.2 Å². The number of carbonyl (C=O) groups excluding carboxylic acids is 2. The number of nitrogens with zero attached hydrogens (tertiary/aromatic N) is 1. The first-order valence-corrected chi connectivity index (χ1v) is 9.30. The fourth-order valence-corrected chi connectivity index (χ4v) is 3.93. The molecule has 1 aromatic carbocycles. The number of phenolic OH excluding ortho intramolecular Hbond substituents is 1. The average Bonchev–Trinajstić information content (AvgIpc) is 2.72. The van der Waals surface area contributed by atoms with Crippen LogP contribution in [0.15, 0.2) is 9.21 Å². The molecule has 0 atom stereocenters. The zero-order valence-corrected chi connectivity index (χ0v) is 15.6. The molecule has 8 heteroatoms. The summed E-state index contributed by atoms with van der Waals surface area (Å²) in [6.07, 6.45) is 1.72. The molecule has 0 spiro atoms. The fraction of sp³-hybridized carbons (Fsp3) is 0.450. The van der Waals surface area contributed by atoms with Gasteiger partial charge in [-0.25, -0.2) is 4.79 Å². The summed E-state index contributed by atoms with van der Waals surface area (Å²) in [5, 5.41) is 11.0. The molecule has 0 saturated carbocycles. The smallest absolute Gasteiger partial charge is 0.340 e. The molecule has 4 rings (SSSR count). The molecule has 8 nitrogen and oxygen atoms in total. The van der Waals surface area contributed by atoms with Crippen molar-refractivity contribution in [1.82, 2.24) is 4.90 Å². The van der Waals surface area contributed by atoms with Gasteiger partial charge in [0.15, 0.2) is 23.4 Å². The molecule has 0 bridgehead atoms. The van der Waals surface area contributed by atoms with E-state index in [4.69, 9.17) is 13.9 Å². The lowest BCUT2D eigenvalue weighted by Gasteiger charge is -2.27. The summed E-state index contributed by atoms with van der Waals surface area (Å²) in [5.74, 6) is -0.224. The van der Waals surface area contributed by atoms with Gasteiger partial charge in [-0.05, 0) is 25.3 Å². The summed E-state index contributed by atoms with van der Waals surface area (Å²) < 4.78 is 16.3. The zero-order chi connectivity index (χ0) is 19.8. The predicted octanol–water partition coefficient (Wildman–Crippen LogP) is 1.35. The first-order chi connectivity index (χ1) is 13.5. The number of aldehydes is 1. The highest BCUT2D eigenvalue weighted by Gasteiger charge is 2.28. The Balaban J connectivity index is 1.87. The van der Waals surface area contributed by atoms with E-state index in [1.165, 1.54) is 0 Å². The van der Waals surface area contributed by atoms with Crippen molar-refractivity contribution in [2.24, 2.45) is 0 Å². The van der Waals surface area contributed by atoms with Crippen molar-refractivity contribution in [3.8, 4) is 11.5 Å². The number of hydrogen-bond donors (Lipinski definition) is 1. The van der Waals surface area contributed by atoms with E-state index in [1.54, 1.807) is 11.8 Å². The second kappa shape index (κ2) is 7.27. The molecule has 1 fully saturated rings. The van der Waals surface area contributed by atoms with Crippen LogP contribution >= 0.6 is 0 Å². The van der Waals surface area contributed by atoms with Gasteiger partial charge in [0, 0.05) is 24.0 Å². The first kappa shape index (κ1) is 18.5. The number of rotatable bonds is 3. The molecule has 1 amide bonds. The van der Waals surface area contributed by atoms with Crippen LogP contribution in [0.5, 0.6) is 11.5 Å². The molecule has 0 radical (unpaired) electrons. The molecule has 28 heavy (non-hydrogen) atoms. The monoisotopic (exact) mass is 387 g/mol. The van der Waals surface area contributed by atoms with Gasteiger partial charge in [-0.1, -0.05) is 0 Å². The lowest BCUT2D eigenvalue weighted by atomic mass is 9.92. The molecule has 148 valence electrons. The van der Waals surface area contributed by atoms with Crippen molar-refractivity contribution in [3.63, 3.8) is 0 Å². The van der Waals surface area contributed by atoms with E-state index in [9.17, 15) is 19.5 Å². The number of amides is 1. The number of ether oxygens (including phenoxy) is 2. The molecular formula is C20H21NO7. The van der Waals surface area contributed by atoms with Gasteiger partial charge in [0.2, 0.25) is 5.91 Å². The van der Waals surface area contributed by atoms with Gasteiger partial charge in [0.25, 0.3) is 0 Å². The molecule has 2 aliphatic heterocycles. The maximum atomic E-state index is 12.6. The Hall–Kier alpha value is -2.87. The van der Waals surface area contributed by atoms with Crippen LogP contribution in [0.1, 0.15) is 33.5 Å². The van der Waals surface area contributed by atoms with Crippen LogP contribution in [0, 0.1) is 6.92 Å². The highest BCUT2D eigenvalue weighted by Crippen LogP contribution is 2.43. The summed E-state index contributed by atoms with van der Waals surface area (Å²) in [6.45, 7) is 4.10. The Labute approximate surface area is 160 Å². The van der Waals surface area contributed by atoms with E-state index >= 15 is 0 Å². The van der Waals surface area contributed by atoms with Gasteiger partial charge in [-0.3, -0.25) is 9.59 Å². The third kappa shape index (κ3) is 2.93. The molecule has 3 heterocycles. The van der Waals surface area contributed by atoms with Crippen molar-refractivity contribution in [2.75, 3.05) is 32.9 Å². The molecule has 0 aliphatic carbocycles. The predicted molar refractivity (Wildman–Crippen MR) is 99.2 cm³/mol. The summed E-state index contributed by atoms with van der Waals surface area (Å²) in [7, 11) is 0. The van der Waals surface area contributed by atoms with Gasteiger partial charge in [-0.15, -0.1) is 0 Å². The van der Waals surface area contributed by atoms with E-state index in [2.05, 4.69) is 0 Å². The van der Waals surface area contributed by atoms with Gasteiger partial charge in [0.05, 0.1) is 31.8 Å². The minimum Gasteiger partial charge on any atom is -0.504 e. The number of aromatic hydroxyl groups is 1. The quantitative estimate of drug-likeness (QED) is 0.626. The minimum atomic E-state index is -0.675. The second-order valence-corrected chi connectivity index (χ2v) is 7.01. The fourth-order valence-electron chi connectivity index (χ4n) is 3.93. The Morgan fingerprint density at radius 3 is 2.71 bits per heavy atom. The Bertz CT molecular complexity index is 1020. The van der Waals surface area contributed by atoms with Crippen LogP contribution in [-0.2, 0) is 22.4 Å². The van der Waals surface area contributed by atoms with Crippen LogP contribution in [0.3, 0.4) is 0 Å². The topological polar surface area (TPSA) is 106 Å². The molecule has 2 aromatic rings. The summed E-state index contributed by atoms with van der Waals surface area (Å²) in [4.78, 5) is 38.5. The number of hydrogen-bond acceptors (Lipinski definition) is 7. The van der Waals surface area contributed by atoms with Gasteiger partial charge in [0.1, 0.15) is 5.56 Å². The molecule has 1 saturated heterocycles. The number of benzene rings is 1. The van der Waals surface area contributed by atoms with Crippen LogP contribution < -0.4 is 10.4 Å². The third-order valence-corrected chi connectivity index (χ3v) is 5.41. The van der Waals surface area contributed by atoms with Crippen LogP contribution in [0.2, 0.25) is 0 Å². The number of morpholine rings is 1. The van der Waals surface area contributed by atoms with Crippen molar-refractivity contribution >= 4 is 23.2 Å². The lowest BCUT2D eigenvalue weighted by Crippen LogP contribution is -2.42. The minimum absolute atomic E-state index is 0.0434. The maximum Gasteiger partial charge on any atom is 0.340 e. The molecular weight excluding hydrogens is 366 g/mol. The van der Waals surface area contributed by atoms with E-state index in [1.807, 2.05) is 0 Å². The summed E-state index contributed by atoms with van der Waals surface area (Å²) >= 11 is 0. The standard InChI is InChI=1S/C20H21NO7/c1-11-13(9-15(23)21-4-7-26-8-5-21)20(25)28-18-14(10-22)17(24)19-12(16(11)18)3-2-6-27-19/h10,24H,2-9H2,1H3. The van der Waals surface area contributed by atoms with Crippen LogP contribution in [0.25, 0.3) is 11.0 Å². The van der Waals surface area contributed by atoms with Crippen molar-refractivity contribution in [1.29, 1.82) is 0 Å². The molecule has 0 unspecified atom stereocenters. The van der Waals surface area contributed by atoms with Crippen LogP contribution in [0.4, 0.5) is 0 Å². The number of phenols is 1. The number of fused-ring (bicyclic) bond motifs is 3. The second-order valence-electron chi connectivity index (χ2n) is 7.01. The van der Waals surface area contributed by atoms with Gasteiger partial charge >= 0.3 is 5.63 Å². The molecule has 1 N–H and O–H groups in total. The maximum absolute atomic E-state index is 12.6. The van der Waals surface area contributed by atoms with Crippen molar-refractivity contribution < 1.29 is 28.6 Å². The lowest BCUT2D eigenvalue weighted by molar-refractivity contribution is -0.134. The first-order valence-electron chi connectivity index (χ1n) is 9.30. The summed E-state index contributed by atoms with van der Waals surface area (Å²) in [5.41, 5.74) is 0.803. The zero-order valence-electron chi connectivity index (χ0n) is 15.6. The largest absolute Gasteiger partial charge is 0.504 e. The number of carbonyl (C=O) groups is 2. The van der Waals surface area contributed by atoms with Crippen LogP contribution in [-0.4, -0.2) is 55.1 Å². The van der Waals surface area contributed by atoms with E-state index in [0.29, 0.717) is 62.1 Å². The Morgan fingerprint density at radius 2 is 2.00 bits per heavy atom. The number of aryl methyl sites for hydroxylation is 2. The van der Waals surface area contributed by atoms with Gasteiger partial charge in [-0.2, -0.15) is 0 Å². The van der Waals surface area contributed by atoms with E-state index in [-0.39, 0.29) is 40.5 Å². The summed E-state index contributed by atoms with van der Waals surface area (Å²) in [6, 6.07) is 0. The average molecular weight is 387 g/mol. The highest BCUT2D eigenvalue weighted by molar-refractivity contribution is 6.02. The van der Waals surface area contributed by atoms with E-state index < -0.39 is 5.63 Å². The Kier molecular flexibility index (Phi) is 4.80. The highest BCUT2D eigenvalue weighted by atomic mass is 16.5. The van der Waals surface area contributed by atoms with Crippen molar-refractivity contribution in [3.05, 3.63) is 32.7 Å². The molecule has 2 aliphatic rings. The SMILES string of the molecule is Cc1c(CC(=O)N2CCOCC2)c(=O)oc2c(C=O)c(O)c3c(c12)CCCO3. The van der Waals surface area contributed by atoms with E-state index in [0.717, 1.165) is 6.42 Å². The Morgan fingerprint density at radius 1 is 1.25 bits per heavy atom.